The summed E-state index contributed by atoms with van der Waals surface area (Å²) in [7, 11) is 0. The van der Waals surface area contributed by atoms with Crippen LogP contribution in [0.15, 0.2) is 11.6 Å². The molecule has 0 aliphatic heterocycles. The number of carboxylic acids is 3. The van der Waals surface area contributed by atoms with Crippen molar-refractivity contribution in [3.63, 3.8) is 0 Å². The molecule has 0 radical (unpaired) electrons. The zero-order chi connectivity index (χ0) is 30.7. The van der Waals surface area contributed by atoms with Crippen molar-refractivity contribution in [3.8, 4) is 0 Å². The zero-order valence-corrected chi connectivity index (χ0v) is 24.8. The first-order valence-electron chi connectivity index (χ1n) is 13.5. The van der Waals surface area contributed by atoms with E-state index in [0.29, 0.717) is 18.8 Å². The fourth-order valence-corrected chi connectivity index (χ4v) is 5.67. The van der Waals surface area contributed by atoms with Crippen molar-refractivity contribution in [2.45, 2.75) is 94.4 Å². The van der Waals surface area contributed by atoms with Crippen LogP contribution in [0.2, 0.25) is 0 Å². The molecule has 0 saturated heterocycles. The SMILES string of the molecule is CC1=CC(=O)C(CC(=O)O)C1(C)C.CC1C(=O)CC(CC(=O)O)C1(C)C.CC1CC(=O)C(CC(=O)O)C1(C)C. The van der Waals surface area contributed by atoms with Crippen LogP contribution < -0.4 is 0 Å². The van der Waals surface area contributed by atoms with Gasteiger partial charge < -0.3 is 15.3 Å². The van der Waals surface area contributed by atoms with Crippen LogP contribution >= 0.6 is 0 Å². The number of hydrogen-bond donors (Lipinski definition) is 3. The van der Waals surface area contributed by atoms with Gasteiger partial charge in [0.15, 0.2) is 5.78 Å². The van der Waals surface area contributed by atoms with Gasteiger partial charge in [0.2, 0.25) is 0 Å². The quantitative estimate of drug-likeness (QED) is 0.410. The maximum absolute atomic E-state index is 11.5. The van der Waals surface area contributed by atoms with E-state index in [1.807, 2.05) is 62.3 Å². The molecular formula is C30H46O9. The molecular weight excluding hydrogens is 504 g/mol. The van der Waals surface area contributed by atoms with Gasteiger partial charge in [-0.25, -0.2) is 0 Å². The predicted octanol–water partition coefficient (Wildman–Crippen LogP) is 5.06. The van der Waals surface area contributed by atoms with Crippen LogP contribution in [0.25, 0.3) is 0 Å². The molecule has 2 fully saturated rings. The summed E-state index contributed by atoms with van der Waals surface area (Å²) >= 11 is 0. The first-order valence-corrected chi connectivity index (χ1v) is 13.5. The van der Waals surface area contributed by atoms with Crippen LogP contribution in [0, 0.1) is 45.8 Å². The molecule has 9 heteroatoms. The molecule has 3 aliphatic carbocycles. The molecule has 0 amide bonds. The van der Waals surface area contributed by atoms with Gasteiger partial charge in [-0.3, -0.25) is 28.8 Å². The second-order valence-corrected chi connectivity index (χ2v) is 13.2. The van der Waals surface area contributed by atoms with Gasteiger partial charge in [-0.2, -0.15) is 0 Å². The average Bonchev–Trinajstić information content (AvgIpc) is 3.18. The van der Waals surface area contributed by atoms with E-state index < -0.39 is 17.9 Å². The van der Waals surface area contributed by atoms with Gasteiger partial charge in [-0.1, -0.05) is 61.0 Å². The fourth-order valence-electron chi connectivity index (χ4n) is 5.67. The van der Waals surface area contributed by atoms with Gasteiger partial charge in [-0.15, -0.1) is 0 Å². The Hall–Kier alpha value is -2.84. The Labute approximate surface area is 231 Å². The van der Waals surface area contributed by atoms with E-state index in [-0.39, 0.29) is 76.5 Å². The summed E-state index contributed by atoms with van der Waals surface area (Å²) in [5.74, 6) is -2.70. The maximum atomic E-state index is 11.5. The van der Waals surface area contributed by atoms with Crippen LogP contribution in [-0.2, 0) is 28.8 Å². The van der Waals surface area contributed by atoms with Crippen molar-refractivity contribution < 1.29 is 44.1 Å². The number of hydrogen-bond acceptors (Lipinski definition) is 6. The topological polar surface area (TPSA) is 163 Å². The number of ketones is 3. The zero-order valence-electron chi connectivity index (χ0n) is 24.8. The molecule has 2 saturated carbocycles. The highest BCUT2D eigenvalue weighted by Gasteiger charge is 2.47. The minimum atomic E-state index is -0.908. The third-order valence-electron chi connectivity index (χ3n) is 9.93. The number of aliphatic carboxylic acids is 3. The smallest absolute Gasteiger partial charge is 0.304 e. The largest absolute Gasteiger partial charge is 0.481 e. The molecule has 0 aromatic rings. The second kappa shape index (κ2) is 12.6. The third kappa shape index (κ3) is 8.08. The lowest BCUT2D eigenvalue weighted by Crippen LogP contribution is -2.28. The van der Waals surface area contributed by atoms with E-state index in [1.165, 1.54) is 0 Å². The van der Waals surface area contributed by atoms with Gasteiger partial charge in [0.05, 0.1) is 12.8 Å². The van der Waals surface area contributed by atoms with Crippen LogP contribution in [-0.4, -0.2) is 50.6 Å². The monoisotopic (exact) mass is 550 g/mol. The normalized spacial score (nSPS) is 30.0. The Morgan fingerprint density at radius 1 is 0.744 bits per heavy atom. The third-order valence-corrected chi connectivity index (χ3v) is 9.93. The number of carboxylic acid groups (broad SMARTS) is 3. The summed E-state index contributed by atoms with van der Waals surface area (Å²) in [6, 6.07) is 0. The van der Waals surface area contributed by atoms with Crippen LogP contribution in [0.4, 0.5) is 0 Å². The number of rotatable bonds is 6. The highest BCUT2D eigenvalue weighted by atomic mass is 16.4. The van der Waals surface area contributed by atoms with E-state index >= 15 is 0 Å². The number of carbonyl (C=O) groups is 6. The van der Waals surface area contributed by atoms with Gasteiger partial charge >= 0.3 is 17.9 Å². The molecule has 3 N–H and O–H groups in total. The molecule has 9 nitrogen and oxygen atoms in total. The van der Waals surface area contributed by atoms with Crippen molar-refractivity contribution in [3.05, 3.63) is 11.6 Å². The Bertz CT molecular complexity index is 1010. The van der Waals surface area contributed by atoms with Crippen molar-refractivity contribution in [1.82, 2.24) is 0 Å². The van der Waals surface area contributed by atoms with Crippen LogP contribution in [0.1, 0.15) is 94.4 Å². The highest BCUT2D eigenvalue weighted by molar-refractivity contribution is 5.98. The summed E-state index contributed by atoms with van der Waals surface area (Å²) in [6.45, 7) is 17.5. The number of Topliss-reactive ketones (excluding diaryl/α,β-unsaturated/α-hetero) is 2. The second-order valence-electron chi connectivity index (χ2n) is 13.2. The van der Waals surface area contributed by atoms with Crippen LogP contribution in [0.5, 0.6) is 0 Å². The fraction of sp³-hybridized carbons (Fsp3) is 0.733. The summed E-state index contributed by atoms with van der Waals surface area (Å²) in [4.78, 5) is 65.9. The molecule has 5 unspecified atom stereocenters. The Kier molecular flexibility index (Phi) is 11.0. The Morgan fingerprint density at radius 3 is 1.51 bits per heavy atom. The first kappa shape index (κ1) is 34.2. The summed E-state index contributed by atoms with van der Waals surface area (Å²) in [5.41, 5.74) is 0.365. The van der Waals surface area contributed by atoms with Crippen molar-refractivity contribution in [2.24, 2.45) is 45.8 Å². The molecule has 0 spiro atoms. The van der Waals surface area contributed by atoms with Gasteiger partial charge in [-0.05, 0) is 41.1 Å². The van der Waals surface area contributed by atoms with Gasteiger partial charge in [0.25, 0.3) is 0 Å². The molecule has 220 valence electrons. The van der Waals surface area contributed by atoms with Gasteiger partial charge in [0.1, 0.15) is 11.6 Å². The highest BCUT2D eigenvalue weighted by Crippen LogP contribution is 2.47. The molecule has 0 bridgehead atoms. The summed E-state index contributed by atoms with van der Waals surface area (Å²) in [5, 5.41) is 26.0. The predicted molar refractivity (Wildman–Crippen MR) is 145 cm³/mol. The molecule has 0 heterocycles. The average molecular weight is 551 g/mol. The van der Waals surface area contributed by atoms with E-state index in [4.69, 9.17) is 15.3 Å². The molecule has 0 aromatic heterocycles. The minimum absolute atomic E-state index is 0.00292. The Morgan fingerprint density at radius 2 is 1.21 bits per heavy atom. The Balaban J connectivity index is 0.000000292. The molecule has 39 heavy (non-hydrogen) atoms. The minimum Gasteiger partial charge on any atom is -0.481 e. The summed E-state index contributed by atoms with van der Waals surface area (Å²) < 4.78 is 0. The molecule has 5 atom stereocenters. The number of carbonyl (C=O) groups excluding carboxylic acids is 3. The van der Waals surface area contributed by atoms with E-state index in [0.717, 1.165) is 5.57 Å². The van der Waals surface area contributed by atoms with E-state index in [1.54, 1.807) is 6.08 Å². The standard InChI is InChI=1S/2C10H16O3.C10H14O3/c1-6-8(11)4-7(5-9(12)13)10(6,2)3;2*1-6-4-8(11)7(5-9(12)13)10(6,2)3/h2*6-7H,4-5H2,1-3H3,(H,12,13);4,7H,5H2,1-3H3,(H,12,13). The van der Waals surface area contributed by atoms with E-state index in [9.17, 15) is 28.8 Å². The first-order chi connectivity index (χ1) is 17.6. The number of allylic oxidation sites excluding steroid dienone is 2. The lowest BCUT2D eigenvalue weighted by Gasteiger charge is -2.28. The maximum Gasteiger partial charge on any atom is 0.304 e. The molecule has 3 aliphatic rings. The van der Waals surface area contributed by atoms with E-state index in [2.05, 4.69) is 0 Å². The van der Waals surface area contributed by atoms with Crippen molar-refractivity contribution in [2.75, 3.05) is 0 Å². The van der Waals surface area contributed by atoms with Crippen LogP contribution in [0.3, 0.4) is 0 Å². The molecule has 3 rings (SSSR count). The van der Waals surface area contributed by atoms with Crippen molar-refractivity contribution >= 4 is 35.3 Å². The molecule has 0 aromatic carbocycles. The van der Waals surface area contributed by atoms with Crippen molar-refractivity contribution in [1.29, 1.82) is 0 Å². The van der Waals surface area contributed by atoms with Gasteiger partial charge in [0, 0.05) is 37.0 Å². The summed E-state index contributed by atoms with van der Waals surface area (Å²) in [6.07, 6.45) is 2.55. The lowest BCUT2D eigenvalue weighted by molar-refractivity contribution is -0.141. The lowest BCUT2D eigenvalue weighted by atomic mass is 9.75.